The van der Waals surface area contributed by atoms with Crippen LogP contribution in [0, 0.1) is 11.3 Å². The second kappa shape index (κ2) is 4.36. The van der Waals surface area contributed by atoms with Crippen LogP contribution >= 0.6 is 0 Å². The van der Waals surface area contributed by atoms with Crippen molar-refractivity contribution in [3.8, 4) is 0 Å². The predicted molar refractivity (Wildman–Crippen MR) is 72.7 cm³/mol. The zero-order valence-electron chi connectivity index (χ0n) is 12.1. The average Bonchev–Trinajstić information content (AvgIpc) is 2.00. The van der Waals surface area contributed by atoms with Crippen LogP contribution in [0.2, 0.25) is 0 Å². The molecule has 2 aliphatic rings. The van der Waals surface area contributed by atoms with Crippen molar-refractivity contribution in [1.82, 2.24) is 4.90 Å². The summed E-state index contributed by atoms with van der Waals surface area (Å²) in [5.41, 5.74) is -0.287. The first-order valence-electron chi connectivity index (χ1n) is 6.64. The molecule has 0 N–H and O–H groups in total. The fourth-order valence-corrected chi connectivity index (χ4v) is 4.28. The molecular weight excluding hydrogens is 266 g/mol. The highest BCUT2D eigenvalue weighted by Gasteiger charge is 2.54. The Labute approximate surface area is 115 Å². The molecule has 6 heteroatoms. The van der Waals surface area contributed by atoms with Gasteiger partial charge in [-0.3, -0.25) is 0 Å². The highest BCUT2D eigenvalue weighted by atomic mass is 32.2. The van der Waals surface area contributed by atoms with Crippen LogP contribution in [-0.2, 0) is 14.6 Å². The lowest BCUT2D eigenvalue weighted by molar-refractivity contribution is -0.0902. The highest BCUT2D eigenvalue weighted by molar-refractivity contribution is 7.90. The smallest absolute Gasteiger partial charge is 0.410 e. The number of carbonyl (C=O) groups is 1. The van der Waals surface area contributed by atoms with Gasteiger partial charge in [-0.15, -0.1) is 0 Å². The van der Waals surface area contributed by atoms with Gasteiger partial charge in [0.05, 0.1) is 5.75 Å². The number of ether oxygens (including phenoxy) is 1. The molecule has 110 valence electrons. The van der Waals surface area contributed by atoms with Crippen molar-refractivity contribution in [3.05, 3.63) is 0 Å². The van der Waals surface area contributed by atoms with Gasteiger partial charge in [0.1, 0.15) is 15.4 Å². The molecule has 2 rings (SSSR count). The molecule has 1 aliphatic carbocycles. The van der Waals surface area contributed by atoms with Crippen LogP contribution in [0.1, 0.15) is 33.6 Å². The van der Waals surface area contributed by atoms with Gasteiger partial charge in [0, 0.05) is 24.8 Å². The summed E-state index contributed by atoms with van der Waals surface area (Å²) in [6.07, 6.45) is 2.86. The van der Waals surface area contributed by atoms with Crippen molar-refractivity contribution in [1.29, 1.82) is 0 Å². The Balaban J connectivity index is 1.75. The Hall–Kier alpha value is -0.780. The van der Waals surface area contributed by atoms with E-state index in [1.807, 2.05) is 20.8 Å². The zero-order chi connectivity index (χ0) is 14.5. The summed E-state index contributed by atoms with van der Waals surface area (Å²) in [6.45, 7) is 6.98. The number of likely N-dealkylation sites (tertiary alicyclic amines) is 1. The van der Waals surface area contributed by atoms with Gasteiger partial charge >= 0.3 is 6.09 Å². The SMILES string of the molecule is CC(C)(C)OC(=O)N1CC2(CC(CS(C)(=O)=O)C2)C1. The number of hydrogen-bond acceptors (Lipinski definition) is 4. The molecule has 5 nitrogen and oxygen atoms in total. The van der Waals surface area contributed by atoms with Crippen LogP contribution in [0.25, 0.3) is 0 Å². The van der Waals surface area contributed by atoms with Crippen LogP contribution in [0.4, 0.5) is 4.79 Å². The van der Waals surface area contributed by atoms with E-state index in [9.17, 15) is 13.2 Å². The van der Waals surface area contributed by atoms with Crippen molar-refractivity contribution in [2.45, 2.75) is 39.2 Å². The molecule has 0 aromatic heterocycles. The van der Waals surface area contributed by atoms with Crippen molar-refractivity contribution in [3.63, 3.8) is 0 Å². The second-order valence-electron chi connectivity index (χ2n) is 7.20. The number of hydrogen-bond donors (Lipinski definition) is 0. The molecule has 0 bridgehead atoms. The van der Waals surface area contributed by atoms with E-state index < -0.39 is 15.4 Å². The maximum absolute atomic E-state index is 11.8. The summed E-state index contributed by atoms with van der Waals surface area (Å²) in [5.74, 6) is 0.553. The monoisotopic (exact) mass is 289 g/mol. The fraction of sp³-hybridized carbons (Fsp3) is 0.923. The molecule has 0 aromatic carbocycles. The van der Waals surface area contributed by atoms with E-state index in [1.54, 1.807) is 4.90 Å². The predicted octanol–water partition coefficient (Wildman–Crippen LogP) is 1.68. The molecule has 0 atom stereocenters. The van der Waals surface area contributed by atoms with E-state index in [0.29, 0.717) is 13.1 Å². The summed E-state index contributed by atoms with van der Waals surface area (Å²) in [6, 6.07) is 0. The minimum absolute atomic E-state index is 0.173. The van der Waals surface area contributed by atoms with Gasteiger partial charge in [-0.05, 0) is 39.5 Å². The van der Waals surface area contributed by atoms with Gasteiger partial charge in [0.2, 0.25) is 0 Å². The molecule has 1 aliphatic heterocycles. The largest absolute Gasteiger partial charge is 0.444 e. The zero-order valence-corrected chi connectivity index (χ0v) is 12.9. The van der Waals surface area contributed by atoms with E-state index in [2.05, 4.69) is 0 Å². The Morgan fingerprint density at radius 2 is 1.84 bits per heavy atom. The van der Waals surface area contributed by atoms with Crippen LogP contribution in [0.5, 0.6) is 0 Å². The summed E-state index contributed by atoms with van der Waals surface area (Å²) in [7, 11) is -2.88. The minimum atomic E-state index is -2.88. The normalized spacial score (nSPS) is 22.8. The lowest BCUT2D eigenvalue weighted by atomic mass is 9.58. The molecule has 19 heavy (non-hydrogen) atoms. The Kier molecular flexibility index (Phi) is 3.36. The number of sulfone groups is 1. The van der Waals surface area contributed by atoms with E-state index in [1.165, 1.54) is 6.26 Å². The first-order valence-corrected chi connectivity index (χ1v) is 8.70. The van der Waals surface area contributed by atoms with E-state index in [4.69, 9.17) is 4.74 Å². The second-order valence-corrected chi connectivity index (χ2v) is 9.39. The summed E-state index contributed by atoms with van der Waals surface area (Å²) < 4.78 is 27.7. The van der Waals surface area contributed by atoms with Gasteiger partial charge in [0.25, 0.3) is 0 Å². The van der Waals surface area contributed by atoms with Crippen molar-refractivity contribution < 1.29 is 17.9 Å². The highest BCUT2D eigenvalue weighted by Crippen LogP contribution is 2.52. The maximum Gasteiger partial charge on any atom is 0.410 e. The van der Waals surface area contributed by atoms with Crippen LogP contribution in [0.3, 0.4) is 0 Å². The number of carbonyl (C=O) groups excluding carboxylic acids is 1. The van der Waals surface area contributed by atoms with Gasteiger partial charge in [-0.1, -0.05) is 0 Å². The van der Waals surface area contributed by atoms with Gasteiger partial charge in [-0.25, -0.2) is 13.2 Å². The molecule has 1 spiro atoms. The lowest BCUT2D eigenvalue weighted by Crippen LogP contribution is -2.64. The third kappa shape index (κ3) is 3.61. The van der Waals surface area contributed by atoms with Crippen molar-refractivity contribution in [2.75, 3.05) is 25.1 Å². The Bertz CT molecular complexity index is 463. The van der Waals surface area contributed by atoms with E-state index in [-0.39, 0.29) is 23.2 Å². The van der Waals surface area contributed by atoms with Crippen LogP contribution in [-0.4, -0.2) is 50.1 Å². The van der Waals surface area contributed by atoms with Gasteiger partial charge in [-0.2, -0.15) is 0 Å². The quantitative estimate of drug-likeness (QED) is 0.776. The third-order valence-corrected chi connectivity index (χ3v) is 4.76. The third-order valence-electron chi connectivity index (χ3n) is 3.69. The molecule has 0 unspecified atom stereocenters. The summed E-state index contributed by atoms with van der Waals surface area (Å²) in [4.78, 5) is 13.5. The fourth-order valence-electron chi connectivity index (χ4n) is 3.19. The maximum atomic E-state index is 11.8. The molecule has 1 saturated heterocycles. The van der Waals surface area contributed by atoms with Gasteiger partial charge < -0.3 is 9.64 Å². The van der Waals surface area contributed by atoms with Crippen LogP contribution < -0.4 is 0 Å². The molecule has 1 saturated carbocycles. The Morgan fingerprint density at radius 1 is 1.32 bits per heavy atom. The van der Waals surface area contributed by atoms with Crippen LogP contribution in [0.15, 0.2) is 0 Å². The van der Waals surface area contributed by atoms with Crippen molar-refractivity contribution in [2.24, 2.45) is 11.3 Å². The molecule has 1 heterocycles. The number of amides is 1. The lowest BCUT2D eigenvalue weighted by Gasteiger charge is -2.58. The number of nitrogens with zero attached hydrogens (tertiary/aromatic N) is 1. The molecule has 2 fully saturated rings. The molecule has 0 radical (unpaired) electrons. The molecular formula is C13H23NO4S. The molecule has 1 amide bonds. The minimum Gasteiger partial charge on any atom is -0.444 e. The molecule has 0 aromatic rings. The summed E-state index contributed by atoms with van der Waals surface area (Å²) >= 11 is 0. The first kappa shape index (κ1) is 14.6. The average molecular weight is 289 g/mol. The van der Waals surface area contributed by atoms with E-state index >= 15 is 0 Å². The van der Waals surface area contributed by atoms with E-state index in [0.717, 1.165) is 12.8 Å². The standard InChI is InChI=1S/C13H23NO4S/c1-12(2,3)18-11(15)14-8-13(9-14)5-10(6-13)7-19(4,16)17/h10H,5-9H2,1-4H3. The van der Waals surface area contributed by atoms with Crippen molar-refractivity contribution >= 4 is 15.9 Å². The topological polar surface area (TPSA) is 63.7 Å². The van der Waals surface area contributed by atoms with Gasteiger partial charge in [0.15, 0.2) is 0 Å². The first-order chi connectivity index (χ1) is 8.48. The Morgan fingerprint density at radius 3 is 2.26 bits per heavy atom. The number of rotatable bonds is 2. The summed E-state index contributed by atoms with van der Waals surface area (Å²) in [5, 5.41) is 0.